The Bertz CT molecular complexity index is 446. The molecule has 1 atom stereocenters. The predicted octanol–water partition coefficient (Wildman–Crippen LogP) is 2.47. The van der Waals surface area contributed by atoms with Crippen LogP contribution in [0.5, 0.6) is 11.5 Å². The summed E-state index contributed by atoms with van der Waals surface area (Å²) in [6.45, 7) is 1.20. The first-order valence-electron chi connectivity index (χ1n) is 5.67. The van der Waals surface area contributed by atoms with E-state index in [9.17, 15) is 5.26 Å². The molecule has 0 aromatic heterocycles. The lowest BCUT2D eigenvalue weighted by molar-refractivity contribution is 0.171. The van der Waals surface area contributed by atoms with Crippen LogP contribution in [0.3, 0.4) is 0 Å². The van der Waals surface area contributed by atoms with Gasteiger partial charge in [0.25, 0.3) is 0 Å². The fourth-order valence-electron chi connectivity index (χ4n) is 2.14. The molecule has 1 aromatic carbocycles. The van der Waals surface area contributed by atoms with Crippen LogP contribution in [-0.2, 0) is 0 Å². The summed E-state index contributed by atoms with van der Waals surface area (Å²) in [6, 6.07) is 8.25. The van der Waals surface area contributed by atoms with Gasteiger partial charge in [-0.3, -0.25) is 0 Å². The molecule has 82 valence electrons. The summed E-state index contributed by atoms with van der Waals surface area (Å²) in [5.74, 6) is 2.15. The van der Waals surface area contributed by atoms with Crippen molar-refractivity contribution >= 4 is 0 Å². The zero-order valence-electron chi connectivity index (χ0n) is 8.98. The minimum atomic E-state index is 0.0239. The van der Waals surface area contributed by atoms with Gasteiger partial charge in [-0.15, -0.1) is 0 Å². The molecule has 0 spiro atoms. The number of nitriles is 1. The van der Waals surface area contributed by atoms with Crippen LogP contribution in [0.2, 0.25) is 0 Å². The van der Waals surface area contributed by atoms with Crippen molar-refractivity contribution in [2.75, 3.05) is 13.2 Å². The van der Waals surface area contributed by atoms with Crippen LogP contribution >= 0.6 is 0 Å². The first-order valence-corrected chi connectivity index (χ1v) is 5.67. The monoisotopic (exact) mass is 215 g/mol. The van der Waals surface area contributed by atoms with Crippen molar-refractivity contribution < 1.29 is 9.47 Å². The maximum absolute atomic E-state index is 9.17. The zero-order valence-corrected chi connectivity index (χ0v) is 8.98. The molecule has 16 heavy (non-hydrogen) atoms. The topological polar surface area (TPSA) is 42.2 Å². The average molecular weight is 215 g/mol. The van der Waals surface area contributed by atoms with E-state index >= 15 is 0 Å². The molecule has 1 aromatic rings. The van der Waals surface area contributed by atoms with E-state index in [1.165, 1.54) is 12.8 Å². The predicted molar refractivity (Wildman–Crippen MR) is 58.5 cm³/mol. The number of hydrogen-bond donors (Lipinski definition) is 0. The summed E-state index contributed by atoms with van der Waals surface area (Å²) in [6.07, 6.45) is 2.35. The minimum Gasteiger partial charge on any atom is -0.486 e. The number of fused-ring (bicyclic) bond motifs is 1. The van der Waals surface area contributed by atoms with E-state index in [2.05, 4.69) is 6.07 Å². The van der Waals surface area contributed by atoms with E-state index in [0.29, 0.717) is 19.1 Å². The van der Waals surface area contributed by atoms with Crippen LogP contribution in [0.1, 0.15) is 24.3 Å². The summed E-state index contributed by atoms with van der Waals surface area (Å²) in [5, 5.41) is 9.17. The third-order valence-corrected chi connectivity index (χ3v) is 3.16. The van der Waals surface area contributed by atoms with Crippen molar-refractivity contribution in [2.24, 2.45) is 5.92 Å². The van der Waals surface area contributed by atoms with Gasteiger partial charge in [0.1, 0.15) is 13.2 Å². The highest BCUT2D eigenvalue weighted by molar-refractivity contribution is 5.46. The number of benzene rings is 1. The van der Waals surface area contributed by atoms with E-state index in [4.69, 9.17) is 9.47 Å². The van der Waals surface area contributed by atoms with Crippen molar-refractivity contribution in [2.45, 2.75) is 18.8 Å². The minimum absolute atomic E-state index is 0.0239. The maximum Gasteiger partial charge on any atom is 0.161 e. The van der Waals surface area contributed by atoms with E-state index < -0.39 is 0 Å². The van der Waals surface area contributed by atoms with E-state index in [1.807, 2.05) is 18.2 Å². The molecule has 1 heterocycles. The number of rotatable bonds is 2. The second-order valence-corrected chi connectivity index (χ2v) is 4.35. The molecule has 1 fully saturated rings. The normalized spacial score (nSPS) is 19.9. The summed E-state index contributed by atoms with van der Waals surface area (Å²) < 4.78 is 11.0. The second-order valence-electron chi connectivity index (χ2n) is 4.35. The molecule has 3 rings (SSSR count). The van der Waals surface area contributed by atoms with Crippen molar-refractivity contribution in [3.63, 3.8) is 0 Å². The maximum atomic E-state index is 9.17. The summed E-state index contributed by atoms with van der Waals surface area (Å²) in [4.78, 5) is 0. The van der Waals surface area contributed by atoms with Gasteiger partial charge in [-0.1, -0.05) is 6.07 Å². The van der Waals surface area contributed by atoms with Gasteiger partial charge in [0.15, 0.2) is 11.5 Å². The average Bonchev–Trinajstić information content (AvgIpc) is 3.14. The lowest BCUT2D eigenvalue weighted by Crippen LogP contribution is -2.15. The first kappa shape index (κ1) is 9.53. The molecule has 1 saturated carbocycles. The molecular weight excluding hydrogens is 202 g/mol. The number of hydrogen-bond acceptors (Lipinski definition) is 3. The third-order valence-electron chi connectivity index (χ3n) is 3.16. The van der Waals surface area contributed by atoms with Crippen molar-refractivity contribution in [1.82, 2.24) is 0 Å². The molecule has 0 bridgehead atoms. The molecule has 1 aliphatic carbocycles. The van der Waals surface area contributed by atoms with Gasteiger partial charge < -0.3 is 9.47 Å². The largest absolute Gasteiger partial charge is 0.486 e. The SMILES string of the molecule is N#CC(c1ccc2c(c1)OCCO2)C1CC1. The van der Waals surface area contributed by atoms with Gasteiger partial charge in [-0.05, 0) is 36.5 Å². The Morgan fingerprint density at radius 2 is 1.94 bits per heavy atom. The molecule has 3 nitrogen and oxygen atoms in total. The number of nitrogens with zero attached hydrogens (tertiary/aromatic N) is 1. The molecule has 0 radical (unpaired) electrons. The van der Waals surface area contributed by atoms with Crippen molar-refractivity contribution in [3.05, 3.63) is 23.8 Å². The lowest BCUT2D eigenvalue weighted by Gasteiger charge is -2.19. The van der Waals surface area contributed by atoms with Crippen LogP contribution in [0.25, 0.3) is 0 Å². The molecular formula is C13H13NO2. The van der Waals surface area contributed by atoms with Gasteiger partial charge in [-0.25, -0.2) is 0 Å². The molecule has 0 amide bonds. The highest BCUT2D eigenvalue weighted by Gasteiger charge is 2.32. The Hall–Kier alpha value is -1.69. The first-order chi connectivity index (χ1) is 7.88. The fourth-order valence-corrected chi connectivity index (χ4v) is 2.14. The standard InChI is InChI=1S/C13H13NO2/c14-8-11(9-1-2-9)10-3-4-12-13(7-10)16-6-5-15-12/h3-4,7,9,11H,1-2,5-6H2. The Morgan fingerprint density at radius 1 is 1.19 bits per heavy atom. The lowest BCUT2D eigenvalue weighted by atomic mass is 9.95. The molecule has 1 aliphatic heterocycles. The molecule has 1 unspecified atom stereocenters. The highest BCUT2D eigenvalue weighted by atomic mass is 16.6. The Balaban J connectivity index is 1.93. The van der Waals surface area contributed by atoms with Crippen LogP contribution in [0.15, 0.2) is 18.2 Å². The van der Waals surface area contributed by atoms with Crippen molar-refractivity contribution in [3.8, 4) is 17.6 Å². The van der Waals surface area contributed by atoms with Gasteiger partial charge >= 0.3 is 0 Å². The van der Waals surface area contributed by atoms with Crippen LogP contribution in [-0.4, -0.2) is 13.2 Å². The quantitative estimate of drug-likeness (QED) is 0.761. The fraction of sp³-hybridized carbons (Fsp3) is 0.462. The van der Waals surface area contributed by atoms with E-state index in [0.717, 1.165) is 17.1 Å². The summed E-state index contributed by atoms with van der Waals surface area (Å²) in [7, 11) is 0. The van der Waals surface area contributed by atoms with Crippen LogP contribution in [0.4, 0.5) is 0 Å². The van der Waals surface area contributed by atoms with Crippen molar-refractivity contribution in [1.29, 1.82) is 5.26 Å². The molecule has 0 saturated heterocycles. The third kappa shape index (κ3) is 1.61. The van der Waals surface area contributed by atoms with Gasteiger partial charge in [-0.2, -0.15) is 5.26 Å². The van der Waals surface area contributed by atoms with Crippen LogP contribution < -0.4 is 9.47 Å². The van der Waals surface area contributed by atoms with E-state index in [1.54, 1.807) is 0 Å². The molecule has 3 heteroatoms. The Kier molecular flexibility index (Phi) is 2.21. The molecule has 0 N–H and O–H groups in total. The summed E-state index contributed by atoms with van der Waals surface area (Å²) >= 11 is 0. The van der Waals surface area contributed by atoms with E-state index in [-0.39, 0.29) is 5.92 Å². The Morgan fingerprint density at radius 3 is 2.62 bits per heavy atom. The second kappa shape index (κ2) is 3.71. The van der Waals surface area contributed by atoms with Gasteiger partial charge in [0.05, 0.1) is 12.0 Å². The Labute approximate surface area is 94.6 Å². The molecule has 2 aliphatic rings. The smallest absolute Gasteiger partial charge is 0.161 e. The van der Waals surface area contributed by atoms with Gasteiger partial charge in [0.2, 0.25) is 0 Å². The zero-order chi connectivity index (χ0) is 11.0. The highest BCUT2D eigenvalue weighted by Crippen LogP contribution is 2.44. The summed E-state index contributed by atoms with van der Waals surface area (Å²) in [5.41, 5.74) is 1.06. The van der Waals surface area contributed by atoms with Gasteiger partial charge in [0, 0.05) is 0 Å². The van der Waals surface area contributed by atoms with Crippen LogP contribution in [0, 0.1) is 17.2 Å². The number of ether oxygens (including phenoxy) is 2.